The Morgan fingerprint density at radius 1 is 1.20 bits per heavy atom. The van der Waals surface area contributed by atoms with Crippen molar-refractivity contribution in [2.45, 2.75) is 78.6 Å². The molecule has 4 aliphatic carbocycles. The van der Waals surface area contributed by atoms with Gasteiger partial charge in [-0.2, -0.15) is 0 Å². The van der Waals surface area contributed by atoms with Gasteiger partial charge in [0, 0.05) is 31.5 Å². The Labute approximate surface area is 210 Å². The number of rotatable bonds is 4. The maximum absolute atomic E-state index is 13.6. The standard InChI is InChI=1S/C32H39NO2/c1-6-15-32(29(35)7-2)16-14-28-26-17-20(3)25-18-23(34)12-13-24(25)30(26)27(19-31(28,32)4)21-8-10-22(33-5)11-9-21/h8-11,18,20,26-28,33H,7,12-14,16-17,19H2,1-5H3/t20?,26-,27+,28-,31-,32+/m0/s1. The quantitative estimate of drug-likeness (QED) is 0.490. The molecule has 184 valence electrons. The van der Waals surface area contributed by atoms with Crippen molar-refractivity contribution >= 4 is 17.3 Å². The van der Waals surface area contributed by atoms with E-state index < -0.39 is 5.41 Å². The molecule has 2 fully saturated rings. The molecule has 1 aromatic carbocycles. The first-order valence-corrected chi connectivity index (χ1v) is 13.5. The smallest absolute Gasteiger partial charge is 0.156 e. The molecule has 5 rings (SSSR count). The number of nitrogens with one attached hydrogen (secondary N) is 1. The van der Waals surface area contributed by atoms with Gasteiger partial charge in [-0.15, -0.1) is 5.92 Å². The van der Waals surface area contributed by atoms with Crippen LogP contribution in [0, 0.1) is 40.4 Å². The summed E-state index contributed by atoms with van der Waals surface area (Å²) in [5.41, 5.74) is 6.05. The molecule has 3 nitrogen and oxygen atoms in total. The van der Waals surface area contributed by atoms with Crippen LogP contribution < -0.4 is 5.32 Å². The van der Waals surface area contributed by atoms with Gasteiger partial charge < -0.3 is 5.32 Å². The molecule has 0 radical (unpaired) electrons. The van der Waals surface area contributed by atoms with Crippen LogP contribution >= 0.6 is 0 Å². The molecule has 2 saturated carbocycles. The van der Waals surface area contributed by atoms with Gasteiger partial charge in [-0.3, -0.25) is 9.59 Å². The average molecular weight is 470 g/mol. The topological polar surface area (TPSA) is 46.2 Å². The molecule has 0 bridgehead atoms. The van der Waals surface area contributed by atoms with Crippen LogP contribution in [0.4, 0.5) is 5.69 Å². The third kappa shape index (κ3) is 3.47. The Morgan fingerprint density at radius 2 is 1.94 bits per heavy atom. The molecule has 35 heavy (non-hydrogen) atoms. The average Bonchev–Trinajstić information content (AvgIpc) is 3.16. The highest BCUT2D eigenvalue weighted by molar-refractivity contribution is 5.93. The first-order valence-electron chi connectivity index (χ1n) is 13.5. The molecule has 6 atom stereocenters. The van der Waals surface area contributed by atoms with Crippen molar-refractivity contribution in [2.75, 3.05) is 12.4 Å². The second-order valence-electron chi connectivity index (χ2n) is 11.5. The van der Waals surface area contributed by atoms with E-state index in [0.717, 1.165) is 37.8 Å². The minimum atomic E-state index is -0.553. The molecule has 1 aromatic rings. The van der Waals surface area contributed by atoms with Gasteiger partial charge in [0.05, 0.1) is 5.41 Å². The normalized spacial score (nSPS) is 35.8. The lowest BCUT2D eigenvalue weighted by molar-refractivity contribution is -0.132. The van der Waals surface area contributed by atoms with E-state index in [2.05, 4.69) is 55.3 Å². The third-order valence-electron chi connectivity index (χ3n) is 10.0. The van der Waals surface area contributed by atoms with E-state index in [1.165, 1.54) is 16.7 Å². The molecule has 0 saturated heterocycles. The summed E-state index contributed by atoms with van der Waals surface area (Å²) < 4.78 is 0. The summed E-state index contributed by atoms with van der Waals surface area (Å²) >= 11 is 0. The number of ketones is 2. The number of hydrogen-bond acceptors (Lipinski definition) is 3. The number of carbonyl (C=O) groups is 2. The Kier molecular flexibility index (Phi) is 6.07. The SMILES string of the molecule is CC#C[C@]1(C(=O)CC)CC[C@H]2[C@@H]3CC(C)C4=CC(=O)CCC4=C3[C@@H](c3ccc(NC)cc3)C[C@@]21C. The Morgan fingerprint density at radius 3 is 2.60 bits per heavy atom. The molecule has 1 unspecified atom stereocenters. The highest BCUT2D eigenvalue weighted by atomic mass is 16.1. The first-order chi connectivity index (χ1) is 16.8. The summed E-state index contributed by atoms with van der Waals surface area (Å²) in [5, 5.41) is 3.24. The second kappa shape index (κ2) is 8.81. The van der Waals surface area contributed by atoms with E-state index in [9.17, 15) is 9.59 Å². The maximum atomic E-state index is 13.6. The number of fused-ring (bicyclic) bond motifs is 4. The lowest BCUT2D eigenvalue weighted by atomic mass is 9.47. The van der Waals surface area contributed by atoms with E-state index >= 15 is 0 Å². The number of anilines is 1. The summed E-state index contributed by atoms with van der Waals surface area (Å²) in [6, 6.07) is 8.87. The predicted octanol–water partition coefficient (Wildman–Crippen LogP) is 6.86. The van der Waals surface area contributed by atoms with Crippen molar-refractivity contribution in [2.24, 2.45) is 28.6 Å². The lowest BCUT2D eigenvalue weighted by Gasteiger charge is -2.55. The van der Waals surface area contributed by atoms with Crippen LogP contribution in [0.2, 0.25) is 0 Å². The van der Waals surface area contributed by atoms with Crippen LogP contribution in [0.3, 0.4) is 0 Å². The molecule has 0 aromatic heterocycles. The molecule has 3 heteroatoms. The summed E-state index contributed by atoms with van der Waals surface area (Å²) in [6.45, 7) is 8.58. The number of carbonyl (C=O) groups excluding carboxylic acids is 2. The fourth-order valence-electron chi connectivity index (χ4n) is 8.41. The molecule has 0 spiro atoms. The molecule has 4 aliphatic rings. The zero-order chi connectivity index (χ0) is 25.0. The molecule has 0 heterocycles. The van der Waals surface area contributed by atoms with Gasteiger partial charge in [0.25, 0.3) is 0 Å². The Balaban J connectivity index is 1.73. The zero-order valence-electron chi connectivity index (χ0n) is 22.0. The number of benzene rings is 1. The Hall–Kier alpha value is -2.60. The Bertz CT molecular complexity index is 1180. The number of hydrogen-bond donors (Lipinski definition) is 1. The van der Waals surface area contributed by atoms with E-state index in [1.54, 1.807) is 5.57 Å². The van der Waals surface area contributed by atoms with Crippen LogP contribution in [-0.4, -0.2) is 18.6 Å². The van der Waals surface area contributed by atoms with Gasteiger partial charge in [-0.05, 0) is 97.1 Å². The predicted molar refractivity (Wildman–Crippen MR) is 142 cm³/mol. The van der Waals surface area contributed by atoms with Crippen molar-refractivity contribution in [3.8, 4) is 11.8 Å². The highest BCUT2D eigenvalue weighted by Crippen LogP contribution is 2.70. The van der Waals surface area contributed by atoms with Gasteiger partial charge >= 0.3 is 0 Å². The van der Waals surface area contributed by atoms with E-state index in [4.69, 9.17) is 0 Å². The summed E-state index contributed by atoms with van der Waals surface area (Å²) in [5.74, 6) is 8.85. The van der Waals surface area contributed by atoms with Gasteiger partial charge in [0.1, 0.15) is 0 Å². The zero-order valence-corrected chi connectivity index (χ0v) is 22.0. The number of allylic oxidation sites excluding steroid dienone is 4. The minimum Gasteiger partial charge on any atom is -0.388 e. The van der Waals surface area contributed by atoms with Crippen molar-refractivity contribution in [1.82, 2.24) is 0 Å². The van der Waals surface area contributed by atoms with Gasteiger partial charge in [0.15, 0.2) is 11.6 Å². The highest BCUT2D eigenvalue weighted by Gasteiger charge is 2.65. The monoisotopic (exact) mass is 469 g/mol. The molecular weight excluding hydrogens is 430 g/mol. The van der Waals surface area contributed by atoms with Crippen LogP contribution in [0.5, 0.6) is 0 Å². The largest absolute Gasteiger partial charge is 0.388 e. The summed E-state index contributed by atoms with van der Waals surface area (Å²) in [4.78, 5) is 26.0. The van der Waals surface area contributed by atoms with Crippen molar-refractivity contribution in [3.05, 3.63) is 52.6 Å². The van der Waals surface area contributed by atoms with Crippen molar-refractivity contribution in [3.63, 3.8) is 0 Å². The maximum Gasteiger partial charge on any atom is 0.156 e. The molecular formula is C32H39NO2. The summed E-state index contributed by atoms with van der Waals surface area (Å²) in [6.07, 6.45) is 7.93. The minimum absolute atomic E-state index is 0.157. The lowest BCUT2D eigenvalue weighted by Crippen LogP contribution is -2.51. The second-order valence-corrected chi connectivity index (χ2v) is 11.5. The fourth-order valence-corrected chi connectivity index (χ4v) is 8.41. The van der Waals surface area contributed by atoms with E-state index in [-0.39, 0.29) is 17.1 Å². The van der Waals surface area contributed by atoms with Crippen molar-refractivity contribution < 1.29 is 9.59 Å². The molecule has 0 amide bonds. The van der Waals surface area contributed by atoms with Crippen LogP contribution in [0.15, 0.2) is 47.1 Å². The summed E-state index contributed by atoms with van der Waals surface area (Å²) in [7, 11) is 1.95. The van der Waals surface area contributed by atoms with Crippen LogP contribution in [0.1, 0.15) is 84.1 Å². The van der Waals surface area contributed by atoms with Crippen molar-refractivity contribution in [1.29, 1.82) is 0 Å². The van der Waals surface area contributed by atoms with Gasteiger partial charge in [-0.25, -0.2) is 0 Å². The van der Waals surface area contributed by atoms with Gasteiger partial charge in [-0.1, -0.05) is 44.4 Å². The molecule has 1 N–H and O–H groups in total. The van der Waals surface area contributed by atoms with E-state index in [1.807, 2.05) is 27.0 Å². The third-order valence-corrected chi connectivity index (χ3v) is 10.0. The van der Waals surface area contributed by atoms with Crippen LogP contribution in [0.25, 0.3) is 0 Å². The first kappa shape index (κ1) is 24.1. The van der Waals surface area contributed by atoms with Crippen LogP contribution in [-0.2, 0) is 9.59 Å². The number of Topliss-reactive ketones (excluding diaryl/α,β-unsaturated/α-hetero) is 1. The molecule has 0 aliphatic heterocycles. The van der Waals surface area contributed by atoms with E-state index in [0.29, 0.717) is 36.4 Å². The fraction of sp³-hybridized carbons (Fsp3) is 0.562. The van der Waals surface area contributed by atoms with Gasteiger partial charge in [0.2, 0.25) is 0 Å².